The molecular weight excluding hydrogens is 287 g/mol. The highest BCUT2D eigenvalue weighted by atomic mass is 32.2. The fraction of sp³-hybridized carbons (Fsp3) is 0.500. The minimum atomic E-state index is -3.64. The summed E-state index contributed by atoms with van der Waals surface area (Å²) < 4.78 is 39.9. The maximum Gasteiger partial charge on any atom is 0.240 e. The van der Waals surface area contributed by atoms with Crippen LogP contribution < -0.4 is 10.5 Å². The third-order valence-corrected chi connectivity index (χ3v) is 5.47. The molecule has 0 aromatic heterocycles. The molecule has 108 valence electrons. The van der Waals surface area contributed by atoms with Crippen LogP contribution in [0.2, 0.25) is 0 Å². The number of hydrogen-bond donors (Lipinski definition) is 2. The molecule has 0 radical (unpaired) electrons. The number of nitrogen functional groups attached to an aromatic ring is 1. The first-order chi connectivity index (χ1) is 8.77. The van der Waals surface area contributed by atoms with E-state index in [0.717, 1.165) is 18.6 Å². The lowest BCUT2D eigenvalue weighted by atomic mass is 10.2. The van der Waals surface area contributed by atoms with Crippen molar-refractivity contribution in [2.75, 3.05) is 18.5 Å². The van der Waals surface area contributed by atoms with Gasteiger partial charge in [-0.3, -0.25) is 0 Å². The highest BCUT2D eigenvalue weighted by molar-refractivity contribution is 7.99. The number of thioether (sulfide) groups is 1. The number of benzene rings is 1. The molecule has 0 saturated carbocycles. The summed E-state index contributed by atoms with van der Waals surface area (Å²) >= 11 is 1.67. The van der Waals surface area contributed by atoms with Gasteiger partial charge in [0, 0.05) is 11.8 Å². The van der Waals surface area contributed by atoms with Gasteiger partial charge in [-0.05, 0) is 37.3 Å². The smallest absolute Gasteiger partial charge is 0.240 e. The van der Waals surface area contributed by atoms with Crippen LogP contribution in [0, 0.1) is 12.7 Å². The van der Waals surface area contributed by atoms with Crippen molar-refractivity contribution in [1.29, 1.82) is 0 Å². The molecule has 19 heavy (non-hydrogen) atoms. The fourth-order valence-electron chi connectivity index (χ4n) is 1.55. The van der Waals surface area contributed by atoms with Crippen LogP contribution in [-0.4, -0.2) is 26.5 Å². The van der Waals surface area contributed by atoms with Crippen molar-refractivity contribution >= 4 is 27.5 Å². The Morgan fingerprint density at radius 1 is 1.47 bits per heavy atom. The van der Waals surface area contributed by atoms with E-state index >= 15 is 0 Å². The first kappa shape index (κ1) is 16.3. The van der Waals surface area contributed by atoms with Gasteiger partial charge in [-0.1, -0.05) is 6.92 Å². The molecule has 0 aliphatic carbocycles. The average Bonchev–Trinajstić information content (AvgIpc) is 2.33. The van der Waals surface area contributed by atoms with E-state index in [0.29, 0.717) is 17.4 Å². The van der Waals surface area contributed by atoms with Crippen molar-refractivity contribution in [3.8, 4) is 0 Å². The van der Waals surface area contributed by atoms with Gasteiger partial charge in [0.15, 0.2) is 0 Å². The highest BCUT2D eigenvalue weighted by Crippen LogP contribution is 2.21. The number of aryl methyl sites for hydroxylation is 1. The molecule has 0 amide bonds. The van der Waals surface area contributed by atoms with E-state index in [-0.39, 0.29) is 10.6 Å². The van der Waals surface area contributed by atoms with Crippen LogP contribution in [0.1, 0.15) is 18.9 Å². The van der Waals surface area contributed by atoms with Crippen molar-refractivity contribution in [2.24, 2.45) is 0 Å². The van der Waals surface area contributed by atoms with Crippen LogP contribution in [0.25, 0.3) is 0 Å². The van der Waals surface area contributed by atoms with Gasteiger partial charge >= 0.3 is 0 Å². The molecule has 1 aromatic rings. The SMILES string of the molecule is CSC(C)CCNS(=O)(=O)c1cc(N)c(F)cc1C. The maximum atomic E-state index is 13.2. The minimum Gasteiger partial charge on any atom is -0.396 e. The summed E-state index contributed by atoms with van der Waals surface area (Å²) in [6.45, 7) is 3.92. The number of nitrogens with two attached hydrogens (primary N) is 1. The number of hydrogen-bond acceptors (Lipinski definition) is 4. The maximum absolute atomic E-state index is 13.2. The Hall–Kier alpha value is -0.790. The largest absolute Gasteiger partial charge is 0.396 e. The first-order valence-corrected chi connectivity index (χ1v) is 8.63. The molecule has 0 aliphatic heterocycles. The van der Waals surface area contributed by atoms with E-state index in [9.17, 15) is 12.8 Å². The standard InChI is InChI=1S/C12H19FN2O2S2/c1-8-6-10(13)11(14)7-12(8)19(16,17)15-5-4-9(2)18-3/h6-7,9,15H,4-5,14H2,1-3H3. The van der Waals surface area contributed by atoms with Gasteiger partial charge in [-0.2, -0.15) is 11.8 Å². The van der Waals surface area contributed by atoms with Crippen LogP contribution in [0.4, 0.5) is 10.1 Å². The van der Waals surface area contributed by atoms with Gasteiger partial charge in [0.2, 0.25) is 10.0 Å². The predicted molar refractivity (Wildman–Crippen MR) is 78.3 cm³/mol. The number of sulfonamides is 1. The minimum absolute atomic E-state index is 0.0307. The van der Waals surface area contributed by atoms with Gasteiger partial charge in [0.05, 0.1) is 10.6 Å². The van der Waals surface area contributed by atoms with Gasteiger partial charge < -0.3 is 5.73 Å². The van der Waals surface area contributed by atoms with Crippen molar-refractivity contribution in [3.05, 3.63) is 23.5 Å². The van der Waals surface area contributed by atoms with E-state index < -0.39 is 15.8 Å². The lowest BCUT2D eigenvalue weighted by molar-refractivity contribution is 0.577. The topological polar surface area (TPSA) is 72.2 Å². The van der Waals surface area contributed by atoms with Crippen LogP contribution in [0.3, 0.4) is 0 Å². The van der Waals surface area contributed by atoms with Crippen molar-refractivity contribution < 1.29 is 12.8 Å². The second-order valence-corrected chi connectivity index (χ2v) is 7.38. The van der Waals surface area contributed by atoms with Gasteiger partial charge in [-0.25, -0.2) is 17.5 Å². The fourth-order valence-corrected chi connectivity index (χ4v) is 3.21. The summed E-state index contributed by atoms with van der Waals surface area (Å²) in [4.78, 5) is 0.0307. The zero-order chi connectivity index (χ0) is 14.6. The molecule has 0 saturated heterocycles. The molecule has 3 N–H and O–H groups in total. The second kappa shape index (κ2) is 6.58. The molecule has 0 heterocycles. The van der Waals surface area contributed by atoms with E-state index in [1.165, 1.54) is 0 Å². The normalized spacial score (nSPS) is 13.5. The molecular formula is C12H19FN2O2S2. The monoisotopic (exact) mass is 306 g/mol. The molecule has 1 atom stereocenters. The predicted octanol–water partition coefficient (Wildman–Crippen LogP) is 2.14. The Morgan fingerprint density at radius 3 is 2.68 bits per heavy atom. The zero-order valence-electron chi connectivity index (χ0n) is 11.2. The Labute approximate surface area is 118 Å². The molecule has 0 spiro atoms. The Morgan fingerprint density at radius 2 is 2.11 bits per heavy atom. The molecule has 7 heteroatoms. The average molecular weight is 306 g/mol. The van der Waals surface area contributed by atoms with Crippen LogP contribution >= 0.6 is 11.8 Å². The van der Waals surface area contributed by atoms with E-state index in [4.69, 9.17) is 5.73 Å². The molecule has 0 bridgehead atoms. The molecule has 1 aromatic carbocycles. The summed E-state index contributed by atoms with van der Waals surface area (Å²) in [5.74, 6) is -0.604. The summed E-state index contributed by atoms with van der Waals surface area (Å²) in [5.41, 5.74) is 5.60. The quantitative estimate of drug-likeness (QED) is 0.790. The number of anilines is 1. The molecule has 4 nitrogen and oxygen atoms in total. The number of halogens is 1. The van der Waals surface area contributed by atoms with Crippen LogP contribution in [0.5, 0.6) is 0 Å². The summed E-state index contributed by atoms with van der Waals surface area (Å²) in [7, 11) is -3.64. The third kappa shape index (κ3) is 4.36. The van der Waals surface area contributed by atoms with Crippen molar-refractivity contribution in [3.63, 3.8) is 0 Å². The highest BCUT2D eigenvalue weighted by Gasteiger charge is 2.18. The Kier molecular flexibility index (Phi) is 5.64. The molecule has 1 unspecified atom stereocenters. The van der Waals surface area contributed by atoms with Crippen LogP contribution in [0.15, 0.2) is 17.0 Å². The lowest BCUT2D eigenvalue weighted by Gasteiger charge is -2.12. The van der Waals surface area contributed by atoms with E-state index in [1.807, 2.05) is 13.2 Å². The lowest BCUT2D eigenvalue weighted by Crippen LogP contribution is -2.27. The van der Waals surface area contributed by atoms with Gasteiger partial charge in [-0.15, -0.1) is 0 Å². The Bertz CT molecular complexity index is 547. The van der Waals surface area contributed by atoms with Crippen molar-refractivity contribution in [1.82, 2.24) is 4.72 Å². The molecule has 0 fully saturated rings. The Balaban J connectivity index is 2.86. The first-order valence-electron chi connectivity index (χ1n) is 5.86. The number of nitrogens with one attached hydrogen (secondary N) is 1. The number of rotatable bonds is 6. The summed E-state index contributed by atoms with van der Waals surface area (Å²) in [6.07, 6.45) is 2.71. The summed E-state index contributed by atoms with van der Waals surface area (Å²) in [5, 5.41) is 0.377. The van der Waals surface area contributed by atoms with E-state index in [1.54, 1.807) is 18.7 Å². The third-order valence-electron chi connectivity index (χ3n) is 2.83. The molecule has 0 aliphatic rings. The van der Waals surface area contributed by atoms with Crippen molar-refractivity contribution in [2.45, 2.75) is 30.4 Å². The second-order valence-electron chi connectivity index (χ2n) is 4.37. The van der Waals surface area contributed by atoms with E-state index in [2.05, 4.69) is 4.72 Å². The van der Waals surface area contributed by atoms with Gasteiger partial charge in [0.25, 0.3) is 0 Å². The van der Waals surface area contributed by atoms with Crippen LogP contribution in [-0.2, 0) is 10.0 Å². The summed E-state index contributed by atoms with van der Waals surface area (Å²) in [6, 6.07) is 2.29. The van der Waals surface area contributed by atoms with Gasteiger partial charge in [0.1, 0.15) is 5.82 Å². The molecule has 1 rings (SSSR count). The zero-order valence-corrected chi connectivity index (χ0v) is 12.9.